The predicted molar refractivity (Wildman–Crippen MR) is 85.8 cm³/mol. The number of nitrogens with zero attached hydrogens (tertiary/aromatic N) is 2. The minimum atomic E-state index is -0.161. The molecule has 0 spiro atoms. The largest absolute Gasteiger partial charge is 0.327 e. The highest BCUT2D eigenvalue weighted by Gasteiger charge is 2.11. The number of hydrogen-bond donors (Lipinski definition) is 1. The number of benzene rings is 2. The van der Waals surface area contributed by atoms with E-state index >= 15 is 0 Å². The lowest BCUT2D eigenvalue weighted by Gasteiger charge is -2.19. The molecule has 0 aliphatic heterocycles. The molecule has 4 nitrogen and oxygen atoms in total. The number of urea groups is 1. The zero-order valence-corrected chi connectivity index (χ0v) is 12.7. The Kier molecular flexibility index (Phi) is 5.47. The molecule has 2 aromatic rings. The van der Waals surface area contributed by atoms with E-state index in [1.807, 2.05) is 49.4 Å². The van der Waals surface area contributed by atoms with E-state index in [0.717, 1.165) is 15.7 Å². The summed E-state index contributed by atoms with van der Waals surface area (Å²) in [5, 5.41) is 10.9. The third kappa shape index (κ3) is 3.89. The number of carbonyl (C=O) groups is 1. The van der Waals surface area contributed by atoms with Crippen LogP contribution in [0.2, 0.25) is 0 Å². The molecule has 21 heavy (non-hydrogen) atoms. The molecule has 0 bridgehead atoms. The molecule has 0 fully saturated rings. The normalized spacial score (nSPS) is 10.1. The van der Waals surface area contributed by atoms with E-state index in [9.17, 15) is 4.79 Å². The van der Waals surface area contributed by atoms with Crippen molar-refractivity contribution in [3.05, 3.63) is 42.5 Å². The van der Waals surface area contributed by atoms with Gasteiger partial charge in [-0.05, 0) is 35.7 Å². The quantitative estimate of drug-likeness (QED) is 0.855. The standard InChI is InChI=1S/C16H17N3OS/c1-2-19(12-6-11-17)16(20)18-21-15-10-5-8-13-7-3-4-9-14(13)15/h3-5,7-10H,2,6,12H2,1H3,(H,18,20). The van der Waals surface area contributed by atoms with Gasteiger partial charge in [-0.15, -0.1) is 0 Å². The van der Waals surface area contributed by atoms with Crippen LogP contribution in [-0.2, 0) is 0 Å². The Bertz CT molecular complexity index is 661. The van der Waals surface area contributed by atoms with E-state index in [-0.39, 0.29) is 6.03 Å². The van der Waals surface area contributed by atoms with Crippen molar-refractivity contribution in [1.82, 2.24) is 9.62 Å². The molecular formula is C16H17N3OS. The molecule has 0 saturated carbocycles. The highest BCUT2D eigenvalue weighted by atomic mass is 32.2. The lowest BCUT2D eigenvalue weighted by atomic mass is 10.1. The molecule has 2 rings (SSSR count). The van der Waals surface area contributed by atoms with Crippen molar-refractivity contribution in [2.75, 3.05) is 13.1 Å². The third-order valence-corrected chi connectivity index (χ3v) is 4.01. The molecule has 0 heterocycles. The van der Waals surface area contributed by atoms with Crippen LogP contribution in [0.5, 0.6) is 0 Å². The average Bonchev–Trinajstić information content (AvgIpc) is 2.53. The first-order valence-electron chi connectivity index (χ1n) is 6.82. The topological polar surface area (TPSA) is 56.1 Å². The van der Waals surface area contributed by atoms with Gasteiger partial charge in [-0.2, -0.15) is 5.26 Å². The summed E-state index contributed by atoms with van der Waals surface area (Å²) >= 11 is 1.31. The van der Waals surface area contributed by atoms with Gasteiger partial charge in [0.1, 0.15) is 0 Å². The van der Waals surface area contributed by atoms with Gasteiger partial charge in [-0.1, -0.05) is 36.4 Å². The monoisotopic (exact) mass is 299 g/mol. The molecular weight excluding hydrogens is 282 g/mol. The lowest BCUT2D eigenvalue weighted by molar-refractivity contribution is 0.208. The van der Waals surface area contributed by atoms with Gasteiger partial charge in [0, 0.05) is 18.0 Å². The van der Waals surface area contributed by atoms with Gasteiger partial charge in [0.2, 0.25) is 0 Å². The highest BCUT2D eigenvalue weighted by molar-refractivity contribution is 7.98. The molecule has 5 heteroatoms. The average molecular weight is 299 g/mol. The Balaban J connectivity index is 2.04. The number of nitrogens with one attached hydrogen (secondary N) is 1. The molecule has 0 radical (unpaired) electrons. The summed E-state index contributed by atoms with van der Waals surface area (Å²) in [4.78, 5) is 14.7. The summed E-state index contributed by atoms with van der Waals surface area (Å²) in [5.74, 6) is 0. The van der Waals surface area contributed by atoms with Crippen LogP contribution >= 0.6 is 11.9 Å². The Labute approximate surface area is 128 Å². The Hall–Kier alpha value is -2.19. The second-order valence-electron chi connectivity index (χ2n) is 4.47. The van der Waals surface area contributed by atoms with E-state index in [0.29, 0.717) is 19.5 Å². The van der Waals surface area contributed by atoms with Crippen LogP contribution in [0.4, 0.5) is 4.79 Å². The summed E-state index contributed by atoms with van der Waals surface area (Å²) in [6.07, 6.45) is 0.347. The Morgan fingerprint density at radius 3 is 2.81 bits per heavy atom. The maximum atomic E-state index is 12.1. The minimum absolute atomic E-state index is 0.161. The SMILES string of the molecule is CCN(CCC#N)C(=O)NSc1cccc2ccccc12. The fourth-order valence-electron chi connectivity index (χ4n) is 2.04. The van der Waals surface area contributed by atoms with Gasteiger partial charge >= 0.3 is 6.03 Å². The summed E-state index contributed by atoms with van der Waals surface area (Å²) in [6.45, 7) is 2.94. The summed E-state index contributed by atoms with van der Waals surface area (Å²) in [7, 11) is 0. The van der Waals surface area contributed by atoms with Crippen molar-refractivity contribution in [3.63, 3.8) is 0 Å². The minimum Gasteiger partial charge on any atom is -0.323 e. The first-order chi connectivity index (χ1) is 10.3. The van der Waals surface area contributed by atoms with E-state index < -0.39 is 0 Å². The van der Waals surface area contributed by atoms with Gasteiger partial charge in [0.25, 0.3) is 0 Å². The number of carbonyl (C=O) groups excluding carboxylic acids is 1. The summed E-state index contributed by atoms with van der Waals surface area (Å²) < 4.78 is 2.85. The molecule has 0 atom stereocenters. The van der Waals surface area contributed by atoms with Crippen molar-refractivity contribution < 1.29 is 4.79 Å². The third-order valence-electron chi connectivity index (χ3n) is 3.16. The van der Waals surface area contributed by atoms with Crippen molar-refractivity contribution in [2.45, 2.75) is 18.2 Å². The molecule has 0 aliphatic rings. The first kappa shape index (κ1) is 15.2. The van der Waals surface area contributed by atoms with Gasteiger partial charge in [0.05, 0.1) is 12.5 Å². The van der Waals surface area contributed by atoms with Crippen LogP contribution in [0, 0.1) is 11.3 Å². The van der Waals surface area contributed by atoms with Crippen LogP contribution in [-0.4, -0.2) is 24.0 Å². The smallest absolute Gasteiger partial charge is 0.323 e. The van der Waals surface area contributed by atoms with E-state index in [1.54, 1.807) is 4.90 Å². The molecule has 0 aliphatic carbocycles. The number of amides is 2. The van der Waals surface area contributed by atoms with Crippen LogP contribution < -0.4 is 4.72 Å². The fourth-order valence-corrected chi connectivity index (χ4v) is 2.80. The highest BCUT2D eigenvalue weighted by Crippen LogP contribution is 2.25. The van der Waals surface area contributed by atoms with Gasteiger partial charge in [-0.25, -0.2) is 4.79 Å². The molecule has 0 saturated heterocycles. The van der Waals surface area contributed by atoms with Crippen LogP contribution in [0.15, 0.2) is 47.4 Å². The van der Waals surface area contributed by atoms with Gasteiger partial charge in [-0.3, -0.25) is 4.72 Å². The maximum absolute atomic E-state index is 12.1. The number of nitriles is 1. The molecule has 2 amide bonds. The van der Waals surface area contributed by atoms with Crippen molar-refractivity contribution in [2.24, 2.45) is 0 Å². The van der Waals surface area contributed by atoms with Crippen molar-refractivity contribution in [1.29, 1.82) is 5.26 Å². The van der Waals surface area contributed by atoms with Crippen molar-refractivity contribution >= 4 is 28.8 Å². The molecule has 1 N–H and O–H groups in total. The van der Waals surface area contributed by atoms with Crippen LogP contribution in [0.3, 0.4) is 0 Å². The number of fused-ring (bicyclic) bond motifs is 1. The van der Waals surface area contributed by atoms with Crippen LogP contribution in [0.1, 0.15) is 13.3 Å². The zero-order chi connectivity index (χ0) is 15.1. The predicted octanol–water partition coefficient (Wildman–Crippen LogP) is 3.79. The van der Waals surface area contributed by atoms with E-state index in [1.165, 1.54) is 11.9 Å². The molecule has 108 valence electrons. The molecule has 2 aromatic carbocycles. The maximum Gasteiger partial charge on any atom is 0.327 e. The zero-order valence-electron chi connectivity index (χ0n) is 11.9. The second-order valence-corrected chi connectivity index (χ2v) is 5.32. The van der Waals surface area contributed by atoms with E-state index in [2.05, 4.69) is 10.8 Å². The summed E-state index contributed by atoms with van der Waals surface area (Å²) in [5.41, 5.74) is 0. The van der Waals surface area contributed by atoms with E-state index in [4.69, 9.17) is 5.26 Å². The first-order valence-corrected chi connectivity index (χ1v) is 7.64. The number of hydrogen-bond acceptors (Lipinski definition) is 3. The Morgan fingerprint density at radius 1 is 1.29 bits per heavy atom. The molecule has 0 aromatic heterocycles. The fraction of sp³-hybridized carbons (Fsp3) is 0.250. The number of rotatable bonds is 5. The van der Waals surface area contributed by atoms with Gasteiger partial charge < -0.3 is 4.90 Å². The van der Waals surface area contributed by atoms with Crippen molar-refractivity contribution in [3.8, 4) is 6.07 Å². The van der Waals surface area contributed by atoms with Crippen LogP contribution in [0.25, 0.3) is 10.8 Å². The van der Waals surface area contributed by atoms with Gasteiger partial charge in [0.15, 0.2) is 0 Å². The summed E-state index contributed by atoms with van der Waals surface area (Å²) in [6, 6.07) is 16.0. The molecule has 0 unspecified atom stereocenters. The second kappa shape index (κ2) is 7.55. The lowest BCUT2D eigenvalue weighted by Crippen LogP contribution is -2.37. The Morgan fingerprint density at radius 2 is 2.05 bits per heavy atom.